The van der Waals surface area contributed by atoms with E-state index in [1.165, 1.54) is 11.0 Å². The number of halogens is 1. The lowest BCUT2D eigenvalue weighted by Crippen LogP contribution is -2.41. The van der Waals surface area contributed by atoms with Crippen molar-refractivity contribution in [3.63, 3.8) is 0 Å². The summed E-state index contributed by atoms with van der Waals surface area (Å²) >= 11 is 3.40. The molecule has 0 bridgehead atoms. The Bertz CT molecular complexity index is 1680. The second kappa shape index (κ2) is 8.99. The van der Waals surface area contributed by atoms with Crippen molar-refractivity contribution in [2.45, 2.75) is 26.2 Å². The van der Waals surface area contributed by atoms with Crippen LogP contribution >= 0.6 is 15.9 Å². The van der Waals surface area contributed by atoms with Crippen molar-refractivity contribution in [3.8, 4) is 11.5 Å². The maximum absolute atomic E-state index is 14.0. The molecule has 2 aromatic rings. The number of hydrogen-bond acceptors (Lipinski definition) is 6. The summed E-state index contributed by atoms with van der Waals surface area (Å²) in [5.74, 6) is -2.34. The Morgan fingerprint density at radius 3 is 2.55 bits per heavy atom. The Kier molecular flexibility index (Phi) is 5.61. The van der Waals surface area contributed by atoms with Gasteiger partial charge in [-0.05, 0) is 79.8 Å². The van der Waals surface area contributed by atoms with Gasteiger partial charge in [-0.1, -0.05) is 27.6 Å². The van der Waals surface area contributed by atoms with E-state index >= 15 is 0 Å². The third-order valence-corrected chi connectivity index (χ3v) is 9.32. The van der Waals surface area contributed by atoms with E-state index in [1.807, 2.05) is 6.08 Å². The van der Waals surface area contributed by atoms with E-state index in [1.54, 1.807) is 55.7 Å². The smallest absolute Gasteiger partial charge is 0.238 e. The van der Waals surface area contributed by atoms with E-state index < -0.39 is 23.7 Å². The molecule has 2 amide bonds. The highest BCUT2D eigenvalue weighted by molar-refractivity contribution is 9.10. The Morgan fingerprint density at radius 1 is 1.00 bits per heavy atom. The molecular weight excluding hydrogens is 574 g/mol. The SMILES string of the molecule is CC1=CC(=O)C2=C(C1=O)[C@@H](C1=COc3ccc(O)cc3C1)C1=CC[C@@H]3C(=O)N(c4ccc(Br)cc4)C(=O)[C@@H]3[C@@H]1C2. The standard InChI is InChI=1S/C32H24BrNO6/c1-15-10-25(36)24-13-23-21(7-8-22-28(23)32(39)34(31(22)38)19-4-2-18(33)3-5-19)27(29(24)30(15)37)17-11-16-12-20(35)6-9-26(16)40-14-17/h2-7,9-10,12,14,22-23,27-28,35H,8,11,13H2,1H3/t22-,23+,27-,28-/m0/s1. The van der Waals surface area contributed by atoms with Crippen LogP contribution in [0.15, 0.2) is 93.2 Å². The van der Waals surface area contributed by atoms with Gasteiger partial charge < -0.3 is 9.84 Å². The minimum absolute atomic E-state index is 0.107. The minimum atomic E-state index is -0.635. The van der Waals surface area contributed by atoms with Gasteiger partial charge in [0.05, 0.1) is 23.8 Å². The third-order valence-electron chi connectivity index (χ3n) is 8.80. The molecule has 1 saturated heterocycles. The summed E-state index contributed by atoms with van der Waals surface area (Å²) in [4.78, 5) is 55.7. The summed E-state index contributed by atoms with van der Waals surface area (Å²) < 4.78 is 6.78. The van der Waals surface area contributed by atoms with Gasteiger partial charge in [-0.25, -0.2) is 0 Å². The largest absolute Gasteiger partial charge is 0.508 e. The minimum Gasteiger partial charge on any atom is -0.508 e. The Labute approximate surface area is 238 Å². The number of imide groups is 1. The van der Waals surface area contributed by atoms with E-state index in [-0.39, 0.29) is 35.6 Å². The lowest BCUT2D eigenvalue weighted by Gasteiger charge is -2.43. The number of carbonyl (C=O) groups excluding carboxylic acids is 4. The molecule has 7 rings (SSSR count). The maximum Gasteiger partial charge on any atom is 0.238 e. The zero-order chi connectivity index (χ0) is 27.9. The predicted molar refractivity (Wildman–Crippen MR) is 149 cm³/mol. The molecule has 3 aliphatic carbocycles. The molecule has 0 aromatic heterocycles. The van der Waals surface area contributed by atoms with Gasteiger partial charge in [-0.3, -0.25) is 24.1 Å². The molecule has 0 saturated carbocycles. The summed E-state index contributed by atoms with van der Waals surface area (Å²) in [5.41, 5.74) is 4.17. The first-order valence-corrected chi connectivity index (χ1v) is 14.0. The number of amides is 2. The second-order valence-corrected chi connectivity index (χ2v) is 11.9. The number of allylic oxidation sites excluding steroid dienone is 7. The number of anilines is 1. The molecule has 5 aliphatic rings. The van der Waals surface area contributed by atoms with Crippen molar-refractivity contribution in [2.75, 3.05) is 4.90 Å². The molecule has 200 valence electrons. The predicted octanol–water partition coefficient (Wildman–Crippen LogP) is 5.14. The number of hydrogen-bond donors (Lipinski definition) is 1. The zero-order valence-electron chi connectivity index (χ0n) is 21.5. The van der Waals surface area contributed by atoms with Gasteiger partial charge >= 0.3 is 0 Å². The average Bonchev–Trinajstić information content (AvgIpc) is 3.20. The fraction of sp³-hybridized carbons (Fsp3) is 0.250. The van der Waals surface area contributed by atoms with Crippen LogP contribution in [-0.4, -0.2) is 28.5 Å². The fourth-order valence-corrected chi connectivity index (χ4v) is 7.28. The van der Waals surface area contributed by atoms with Crippen LogP contribution in [0.25, 0.3) is 0 Å². The topological polar surface area (TPSA) is 101 Å². The Balaban J connectivity index is 1.33. The van der Waals surface area contributed by atoms with Gasteiger partial charge in [-0.15, -0.1) is 0 Å². The molecule has 0 unspecified atom stereocenters. The fourth-order valence-electron chi connectivity index (χ4n) is 7.02. The number of fused-ring (bicyclic) bond motifs is 4. The van der Waals surface area contributed by atoms with Crippen LogP contribution in [0.5, 0.6) is 11.5 Å². The Hall–Kier alpha value is -4.04. The van der Waals surface area contributed by atoms with Crippen LogP contribution < -0.4 is 9.64 Å². The van der Waals surface area contributed by atoms with Crippen LogP contribution in [0.2, 0.25) is 0 Å². The number of ketones is 2. The molecule has 0 radical (unpaired) electrons. The van der Waals surface area contributed by atoms with Crippen LogP contribution in [0.1, 0.15) is 25.3 Å². The number of carbonyl (C=O) groups is 4. The Morgan fingerprint density at radius 2 is 1.77 bits per heavy atom. The quantitative estimate of drug-likeness (QED) is 0.292. The number of benzene rings is 2. The van der Waals surface area contributed by atoms with E-state index in [0.29, 0.717) is 41.0 Å². The van der Waals surface area contributed by atoms with Gasteiger partial charge in [0.1, 0.15) is 11.5 Å². The first kappa shape index (κ1) is 25.0. The van der Waals surface area contributed by atoms with Gasteiger partial charge in [-0.2, -0.15) is 0 Å². The number of rotatable bonds is 2. The molecule has 4 atom stereocenters. The monoisotopic (exact) mass is 597 g/mol. The summed E-state index contributed by atoms with van der Waals surface area (Å²) in [6, 6.07) is 11.9. The first-order chi connectivity index (χ1) is 19.2. The van der Waals surface area contributed by atoms with Gasteiger partial charge in [0, 0.05) is 39.1 Å². The number of aromatic hydroxyl groups is 1. The third kappa shape index (κ3) is 3.62. The molecule has 40 heavy (non-hydrogen) atoms. The van der Waals surface area contributed by atoms with E-state index in [0.717, 1.165) is 21.2 Å². The number of nitrogens with zero attached hydrogens (tertiary/aromatic N) is 1. The maximum atomic E-state index is 14.0. The zero-order valence-corrected chi connectivity index (χ0v) is 23.1. The molecule has 1 N–H and O–H groups in total. The second-order valence-electron chi connectivity index (χ2n) is 11.0. The molecule has 7 nitrogen and oxygen atoms in total. The van der Waals surface area contributed by atoms with Crippen molar-refractivity contribution in [1.29, 1.82) is 0 Å². The van der Waals surface area contributed by atoms with Crippen molar-refractivity contribution < 1.29 is 29.0 Å². The molecule has 8 heteroatoms. The molecule has 2 aromatic carbocycles. The van der Waals surface area contributed by atoms with Gasteiger partial charge in [0.15, 0.2) is 11.6 Å². The van der Waals surface area contributed by atoms with E-state index in [4.69, 9.17) is 4.74 Å². The average molecular weight is 598 g/mol. The molecular formula is C32H24BrNO6. The van der Waals surface area contributed by atoms with Crippen LogP contribution in [0, 0.1) is 23.7 Å². The number of ether oxygens (including phenoxy) is 1. The van der Waals surface area contributed by atoms with Gasteiger partial charge in [0.25, 0.3) is 0 Å². The normalized spacial score (nSPS) is 27.2. The molecule has 2 aliphatic heterocycles. The lowest BCUT2D eigenvalue weighted by atomic mass is 9.58. The van der Waals surface area contributed by atoms with Crippen molar-refractivity contribution in [3.05, 3.63) is 98.8 Å². The van der Waals surface area contributed by atoms with Crippen LogP contribution in [-0.2, 0) is 25.6 Å². The summed E-state index contributed by atoms with van der Waals surface area (Å²) in [5, 5.41) is 10.1. The highest BCUT2D eigenvalue weighted by atomic mass is 79.9. The number of phenolic OH excluding ortho intramolecular Hbond substituents is 1. The summed E-state index contributed by atoms with van der Waals surface area (Å²) in [6.45, 7) is 1.65. The summed E-state index contributed by atoms with van der Waals surface area (Å²) in [7, 11) is 0. The summed E-state index contributed by atoms with van der Waals surface area (Å²) in [6.07, 6.45) is 6.01. The molecule has 1 fully saturated rings. The van der Waals surface area contributed by atoms with E-state index in [9.17, 15) is 24.3 Å². The molecule has 2 heterocycles. The van der Waals surface area contributed by atoms with Crippen LogP contribution in [0.4, 0.5) is 5.69 Å². The number of phenols is 1. The number of Topliss-reactive ketones (excluding diaryl/α,β-unsaturated/α-hetero) is 1. The highest BCUT2D eigenvalue weighted by Gasteiger charge is 2.57. The first-order valence-electron chi connectivity index (χ1n) is 13.2. The highest BCUT2D eigenvalue weighted by Crippen LogP contribution is 2.55. The molecule has 0 spiro atoms. The van der Waals surface area contributed by atoms with E-state index in [2.05, 4.69) is 15.9 Å². The van der Waals surface area contributed by atoms with Crippen molar-refractivity contribution in [1.82, 2.24) is 0 Å². The van der Waals surface area contributed by atoms with Crippen molar-refractivity contribution in [2.24, 2.45) is 23.7 Å². The van der Waals surface area contributed by atoms with Crippen molar-refractivity contribution >= 4 is 45.0 Å². The van der Waals surface area contributed by atoms with Gasteiger partial charge in [0.2, 0.25) is 11.8 Å². The van der Waals surface area contributed by atoms with Crippen LogP contribution in [0.3, 0.4) is 0 Å². The lowest BCUT2D eigenvalue weighted by molar-refractivity contribution is -0.123.